The predicted molar refractivity (Wildman–Crippen MR) is 124 cm³/mol. The van der Waals surface area contributed by atoms with Crippen LogP contribution in [0.5, 0.6) is 11.5 Å². The number of hydrogen-bond donors (Lipinski definition) is 2. The van der Waals surface area contributed by atoms with Gasteiger partial charge in [-0.2, -0.15) is 20.1 Å². The molecule has 0 atom stereocenters. The number of nitrogens with one attached hydrogen (secondary N) is 2. The summed E-state index contributed by atoms with van der Waals surface area (Å²) in [4.78, 5) is 14.6. The van der Waals surface area contributed by atoms with Crippen LogP contribution in [0.15, 0.2) is 53.6 Å². The van der Waals surface area contributed by atoms with Crippen LogP contribution >= 0.6 is 0 Å². The first-order chi connectivity index (χ1) is 18.0. The maximum absolute atomic E-state index is 12.7. The average Bonchev–Trinajstić information content (AvgIpc) is 2.85. The maximum atomic E-state index is 12.7. The van der Waals surface area contributed by atoms with Gasteiger partial charge in [-0.1, -0.05) is 12.1 Å². The summed E-state index contributed by atoms with van der Waals surface area (Å²) in [5.41, 5.74) is 2.95. The highest BCUT2D eigenvalue weighted by atomic mass is 19.4. The Labute approximate surface area is 211 Å². The van der Waals surface area contributed by atoms with Crippen LogP contribution < -0.4 is 25.1 Å². The summed E-state index contributed by atoms with van der Waals surface area (Å²) in [7, 11) is 0. The second kappa shape index (κ2) is 11.4. The van der Waals surface area contributed by atoms with Crippen molar-refractivity contribution < 1.29 is 40.6 Å². The van der Waals surface area contributed by atoms with E-state index in [1.807, 2.05) is 4.90 Å². The quantitative estimate of drug-likeness (QED) is 0.238. The topological polar surface area (TPSA) is 106 Å². The van der Waals surface area contributed by atoms with Crippen molar-refractivity contribution >= 4 is 29.7 Å². The number of ether oxygens (including phenoxy) is 3. The van der Waals surface area contributed by atoms with Crippen LogP contribution in [0, 0.1) is 0 Å². The number of halogens is 6. The van der Waals surface area contributed by atoms with Crippen LogP contribution in [0.3, 0.4) is 0 Å². The third-order valence-electron chi connectivity index (χ3n) is 4.77. The summed E-state index contributed by atoms with van der Waals surface area (Å²) in [6.45, 7) is 1.84. The molecule has 38 heavy (non-hydrogen) atoms. The van der Waals surface area contributed by atoms with E-state index < -0.39 is 24.2 Å². The van der Waals surface area contributed by atoms with E-state index in [0.29, 0.717) is 32.0 Å². The van der Waals surface area contributed by atoms with Gasteiger partial charge in [0.2, 0.25) is 17.8 Å². The second-order valence-corrected chi connectivity index (χ2v) is 7.53. The molecule has 2 heterocycles. The van der Waals surface area contributed by atoms with Gasteiger partial charge in [0.05, 0.1) is 19.4 Å². The molecule has 0 unspecified atom stereocenters. The van der Waals surface area contributed by atoms with Gasteiger partial charge in [0, 0.05) is 24.3 Å². The van der Waals surface area contributed by atoms with Crippen LogP contribution in [0.2, 0.25) is 0 Å². The van der Waals surface area contributed by atoms with Crippen molar-refractivity contribution in [2.45, 2.75) is 12.7 Å². The zero-order valence-corrected chi connectivity index (χ0v) is 19.3. The summed E-state index contributed by atoms with van der Waals surface area (Å²) in [5, 5.41) is 6.78. The number of morpholine rings is 1. The molecule has 0 amide bonds. The molecule has 1 aromatic heterocycles. The molecule has 0 aliphatic carbocycles. The highest BCUT2D eigenvalue weighted by molar-refractivity contribution is 5.83. The number of anilines is 4. The number of nitrogens with zero attached hydrogens (tertiary/aromatic N) is 5. The van der Waals surface area contributed by atoms with Gasteiger partial charge in [-0.3, -0.25) is 0 Å². The largest absolute Gasteiger partial charge is 0.573 e. The molecule has 202 valence electrons. The standard InChI is InChI=1S/C22H19F6N7O3/c23-21(24,25)37-16-7-5-15(6-8-16)30-18-31-19(33-20(32-18)35-9-11-36-12-10-35)34-29-13-14-3-1-2-4-17(14)38-22(26,27)28/h1-8,13H,9-12H2,(H2,30,31,32,33,34)/b29-13+. The monoisotopic (exact) mass is 543 g/mol. The number of hydrogen-bond acceptors (Lipinski definition) is 10. The number of para-hydroxylation sites is 1. The molecule has 2 N–H and O–H groups in total. The smallest absolute Gasteiger partial charge is 0.406 e. The van der Waals surface area contributed by atoms with E-state index in [0.717, 1.165) is 24.4 Å². The summed E-state index contributed by atoms with van der Waals surface area (Å²) in [6.07, 6.45) is -8.60. The van der Waals surface area contributed by atoms with Crippen LogP contribution in [0.4, 0.5) is 49.9 Å². The fourth-order valence-corrected chi connectivity index (χ4v) is 3.21. The van der Waals surface area contributed by atoms with Crippen molar-refractivity contribution in [1.29, 1.82) is 0 Å². The predicted octanol–water partition coefficient (Wildman–Crippen LogP) is 4.70. The van der Waals surface area contributed by atoms with Crippen LogP contribution in [0.25, 0.3) is 0 Å². The lowest BCUT2D eigenvalue weighted by Gasteiger charge is -2.27. The van der Waals surface area contributed by atoms with Crippen molar-refractivity contribution in [3.05, 3.63) is 54.1 Å². The third kappa shape index (κ3) is 8.09. The Bertz CT molecular complexity index is 1250. The lowest BCUT2D eigenvalue weighted by Crippen LogP contribution is -2.37. The Balaban J connectivity index is 1.54. The molecule has 0 saturated carbocycles. The van der Waals surface area contributed by atoms with Crippen molar-refractivity contribution in [1.82, 2.24) is 15.0 Å². The summed E-state index contributed by atoms with van der Waals surface area (Å²) < 4.78 is 88.4. The second-order valence-electron chi connectivity index (χ2n) is 7.53. The van der Waals surface area contributed by atoms with Gasteiger partial charge in [0.15, 0.2) is 0 Å². The molecule has 0 radical (unpaired) electrons. The summed E-state index contributed by atoms with van der Waals surface area (Å²) >= 11 is 0. The van der Waals surface area contributed by atoms with E-state index in [1.54, 1.807) is 0 Å². The number of aromatic nitrogens is 3. The van der Waals surface area contributed by atoms with Crippen LogP contribution in [-0.4, -0.2) is 60.2 Å². The van der Waals surface area contributed by atoms with Gasteiger partial charge in [-0.15, -0.1) is 26.3 Å². The molecule has 2 aromatic carbocycles. The minimum atomic E-state index is -4.88. The Morgan fingerprint density at radius 2 is 1.50 bits per heavy atom. The normalized spacial score (nSPS) is 14.4. The van der Waals surface area contributed by atoms with E-state index in [9.17, 15) is 26.3 Å². The first-order valence-corrected chi connectivity index (χ1v) is 10.9. The molecular weight excluding hydrogens is 524 g/mol. The summed E-state index contributed by atoms with van der Waals surface area (Å²) in [5.74, 6) is -0.619. The highest BCUT2D eigenvalue weighted by Crippen LogP contribution is 2.27. The Kier molecular flexibility index (Phi) is 7.99. The number of benzene rings is 2. The molecule has 16 heteroatoms. The van der Waals surface area contributed by atoms with Gasteiger partial charge in [0.25, 0.3) is 0 Å². The Morgan fingerprint density at radius 1 is 0.842 bits per heavy atom. The van der Waals surface area contributed by atoms with E-state index in [4.69, 9.17) is 4.74 Å². The zero-order valence-electron chi connectivity index (χ0n) is 19.3. The highest BCUT2D eigenvalue weighted by Gasteiger charge is 2.32. The van der Waals surface area contributed by atoms with E-state index in [2.05, 4.69) is 40.3 Å². The van der Waals surface area contributed by atoms with E-state index >= 15 is 0 Å². The van der Waals surface area contributed by atoms with Gasteiger partial charge in [-0.25, -0.2) is 5.43 Å². The first kappa shape index (κ1) is 26.7. The number of rotatable bonds is 8. The SMILES string of the molecule is FC(F)(F)Oc1ccc(Nc2nc(N/N=C/c3ccccc3OC(F)(F)F)nc(N3CCOCC3)n2)cc1. The van der Waals surface area contributed by atoms with Crippen molar-refractivity contribution in [3.8, 4) is 11.5 Å². The van der Waals surface area contributed by atoms with E-state index in [1.165, 1.54) is 30.3 Å². The fourth-order valence-electron chi connectivity index (χ4n) is 3.21. The van der Waals surface area contributed by atoms with Gasteiger partial charge < -0.3 is 24.4 Å². The van der Waals surface area contributed by atoms with Crippen LogP contribution in [0.1, 0.15) is 5.56 Å². The minimum absolute atomic E-state index is 0.0319. The van der Waals surface area contributed by atoms with Crippen molar-refractivity contribution in [2.75, 3.05) is 41.9 Å². The third-order valence-corrected chi connectivity index (χ3v) is 4.77. The van der Waals surface area contributed by atoms with Gasteiger partial charge in [0.1, 0.15) is 11.5 Å². The number of alkyl halides is 6. The molecule has 3 aromatic rings. The molecule has 4 rings (SSSR count). The minimum Gasteiger partial charge on any atom is -0.406 e. The molecule has 10 nitrogen and oxygen atoms in total. The fraction of sp³-hybridized carbons (Fsp3) is 0.273. The maximum Gasteiger partial charge on any atom is 0.573 e. The Hall–Kier alpha value is -4.34. The first-order valence-electron chi connectivity index (χ1n) is 10.9. The van der Waals surface area contributed by atoms with E-state index in [-0.39, 0.29) is 23.4 Å². The Morgan fingerprint density at radius 3 is 2.18 bits per heavy atom. The molecular formula is C22H19F6N7O3. The van der Waals surface area contributed by atoms with Gasteiger partial charge >= 0.3 is 12.7 Å². The molecule has 1 aliphatic rings. The molecule has 0 spiro atoms. The van der Waals surface area contributed by atoms with Gasteiger partial charge in [-0.05, 0) is 36.4 Å². The lowest BCUT2D eigenvalue weighted by atomic mass is 10.2. The molecule has 1 aliphatic heterocycles. The lowest BCUT2D eigenvalue weighted by molar-refractivity contribution is -0.275. The average molecular weight is 543 g/mol. The summed E-state index contributed by atoms with van der Waals surface area (Å²) in [6, 6.07) is 10.3. The molecule has 0 bridgehead atoms. The zero-order chi connectivity index (χ0) is 27.2. The van der Waals surface area contributed by atoms with Crippen molar-refractivity contribution in [3.63, 3.8) is 0 Å². The number of hydrazone groups is 1. The van der Waals surface area contributed by atoms with Crippen LogP contribution in [-0.2, 0) is 4.74 Å². The molecule has 1 fully saturated rings. The van der Waals surface area contributed by atoms with Crippen molar-refractivity contribution in [2.24, 2.45) is 5.10 Å². The molecule has 1 saturated heterocycles.